The molecule has 0 spiro atoms. The van der Waals surface area contributed by atoms with Gasteiger partial charge in [0.1, 0.15) is 5.78 Å². The lowest BCUT2D eigenvalue weighted by Gasteiger charge is -2.09. The van der Waals surface area contributed by atoms with Crippen molar-refractivity contribution in [1.82, 2.24) is 4.98 Å². The number of carbonyl (C=O) groups excluding carboxylic acids is 1. The van der Waals surface area contributed by atoms with Crippen molar-refractivity contribution in [1.29, 1.82) is 0 Å². The first-order valence-electron chi connectivity index (χ1n) is 7.08. The zero-order valence-corrected chi connectivity index (χ0v) is 15.2. The van der Waals surface area contributed by atoms with E-state index in [-0.39, 0.29) is 22.2 Å². The SMILES string of the molecule is CCCC(=O)Cc1cnc(NS(=O)(=O)c2cccc(Cl)c2C)s1. The monoisotopic (exact) mass is 372 g/mol. The Morgan fingerprint density at radius 1 is 1.39 bits per heavy atom. The van der Waals surface area contributed by atoms with Crippen LogP contribution in [-0.2, 0) is 21.2 Å². The number of aromatic nitrogens is 1. The summed E-state index contributed by atoms with van der Waals surface area (Å²) in [5.74, 6) is 0.122. The average Bonchev–Trinajstić information content (AvgIpc) is 2.88. The van der Waals surface area contributed by atoms with Crippen LogP contribution in [0.2, 0.25) is 5.02 Å². The Bertz CT molecular complexity index is 816. The predicted molar refractivity (Wildman–Crippen MR) is 92.7 cm³/mol. The molecular weight excluding hydrogens is 356 g/mol. The minimum atomic E-state index is -3.76. The Balaban J connectivity index is 2.17. The summed E-state index contributed by atoms with van der Waals surface area (Å²) >= 11 is 7.13. The van der Waals surface area contributed by atoms with E-state index >= 15 is 0 Å². The lowest BCUT2D eigenvalue weighted by molar-refractivity contribution is -0.118. The second-order valence-corrected chi connectivity index (χ2v) is 8.24. The van der Waals surface area contributed by atoms with Crippen molar-refractivity contribution in [3.8, 4) is 0 Å². The van der Waals surface area contributed by atoms with Gasteiger partial charge in [0, 0.05) is 28.9 Å². The highest BCUT2D eigenvalue weighted by Gasteiger charge is 2.20. The number of halogens is 1. The summed E-state index contributed by atoms with van der Waals surface area (Å²) in [6, 6.07) is 4.71. The Kier molecular flexibility index (Phi) is 5.78. The van der Waals surface area contributed by atoms with Gasteiger partial charge < -0.3 is 0 Å². The second-order valence-electron chi connectivity index (χ2n) is 5.07. The molecule has 0 aliphatic carbocycles. The molecule has 0 saturated heterocycles. The van der Waals surface area contributed by atoms with Gasteiger partial charge in [-0.2, -0.15) is 0 Å². The third-order valence-electron chi connectivity index (χ3n) is 3.18. The predicted octanol–water partition coefficient (Wildman–Crippen LogP) is 3.82. The molecule has 1 aromatic heterocycles. The van der Waals surface area contributed by atoms with Gasteiger partial charge in [0.25, 0.3) is 10.0 Å². The van der Waals surface area contributed by atoms with Crippen LogP contribution in [0.1, 0.15) is 30.2 Å². The van der Waals surface area contributed by atoms with Gasteiger partial charge in [0.2, 0.25) is 0 Å². The van der Waals surface area contributed by atoms with Gasteiger partial charge >= 0.3 is 0 Å². The number of thiazole rings is 1. The molecule has 124 valence electrons. The fourth-order valence-corrected chi connectivity index (χ4v) is 4.63. The molecule has 2 rings (SSSR count). The Labute approximate surface area is 144 Å². The Morgan fingerprint density at radius 3 is 2.83 bits per heavy atom. The molecule has 0 saturated carbocycles. The van der Waals surface area contributed by atoms with Crippen LogP contribution >= 0.6 is 22.9 Å². The number of anilines is 1. The Morgan fingerprint density at radius 2 is 2.13 bits per heavy atom. The van der Waals surface area contributed by atoms with Gasteiger partial charge in [-0.05, 0) is 31.0 Å². The molecule has 0 aliphatic rings. The van der Waals surface area contributed by atoms with Crippen LogP contribution in [-0.4, -0.2) is 19.2 Å². The van der Waals surface area contributed by atoms with Crippen LogP contribution in [0.4, 0.5) is 5.13 Å². The maximum atomic E-state index is 12.4. The highest BCUT2D eigenvalue weighted by atomic mass is 35.5. The number of hydrogen-bond donors (Lipinski definition) is 1. The van der Waals surface area contributed by atoms with E-state index in [1.165, 1.54) is 12.3 Å². The fourth-order valence-electron chi connectivity index (χ4n) is 2.05. The maximum absolute atomic E-state index is 12.4. The van der Waals surface area contributed by atoms with E-state index in [0.717, 1.165) is 22.6 Å². The van der Waals surface area contributed by atoms with Crippen LogP contribution in [0.3, 0.4) is 0 Å². The van der Waals surface area contributed by atoms with Crippen LogP contribution in [0.15, 0.2) is 29.3 Å². The highest BCUT2D eigenvalue weighted by molar-refractivity contribution is 7.93. The van der Waals surface area contributed by atoms with E-state index < -0.39 is 10.0 Å². The summed E-state index contributed by atoms with van der Waals surface area (Å²) in [4.78, 5) is 16.5. The number of Topliss-reactive ketones (excluding diaryl/α,β-unsaturated/α-hetero) is 1. The first-order valence-corrected chi connectivity index (χ1v) is 9.75. The van der Waals surface area contributed by atoms with Crippen molar-refractivity contribution in [2.24, 2.45) is 0 Å². The molecule has 1 N–H and O–H groups in total. The summed E-state index contributed by atoms with van der Waals surface area (Å²) < 4.78 is 27.3. The Hall–Kier alpha value is -1.44. The maximum Gasteiger partial charge on any atom is 0.263 e. The van der Waals surface area contributed by atoms with Crippen LogP contribution in [0.5, 0.6) is 0 Å². The zero-order chi connectivity index (χ0) is 17.0. The average molecular weight is 373 g/mol. The largest absolute Gasteiger partial charge is 0.299 e. The molecule has 0 atom stereocenters. The van der Waals surface area contributed by atoms with E-state index in [9.17, 15) is 13.2 Å². The molecule has 0 aliphatic heterocycles. The molecule has 1 heterocycles. The molecule has 5 nitrogen and oxygen atoms in total. The molecule has 1 aromatic carbocycles. The first kappa shape index (κ1) is 17.9. The third-order valence-corrected chi connectivity index (χ3v) is 6.12. The summed E-state index contributed by atoms with van der Waals surface area (Å²) in [5, 5.41) is 0.626. The lowest BCUT2D eigenvalue weighted by Crippen LogP contribution is -2.14. The normalized spacial score (nSPS) is 11.4. The van der Waals surface area contributed by atoms with Gasteiger partial charge in [-0.1, -0.05) is 24.6 Å². The van der Waals surface area contributed by atoms with Gasteiger partial charge in [0.05, 0.1) is 4.90 Å². The minimum absolute atomic E-state index is 0.115. The topological polar surface area (TPSA) is 76.1 Å². The van der Waals surface area contributed by atoms with E-state index in [4.69, 9.17) is 11.6 Å². The second kappa shape index (κ2) is 7.42. The van der Waals surface area contributed by atoms with Crippen LogP contribution in [0.25, 0.3) is 0 Å². The molecule has 23 heavy (non-hydrogen) atoms. The molecule has 0 amide bonds. The molecule has 0 radical (unpaired) electrons. The van der Waals surface area contributed by atoms with Crippen molar-refractivity contribution in [3.63, 3.8) is 0 Å². The van der Waals surface area contributed by atoms with Crippen molar-refractivity contribution in [2.45, 2.75) is 38.0 Å². The quantitative estimate of drug-likeness (QED) is 0.801. The molecule has 2 aromatic rings. The highest BCUT2D eigenvalue weighted by Crippen LogP contribution is 2.26. The number of carbonyl (C=O) groups is 1. The minimum Gasteiger partial charge on any atom is -0.299 e. The standard InChI is InChI=1S/C15H17ClN2O3S2/c1-3-5-11(19)8-12-9-17-15(22-12)18-23(20,21)14-7-4-6-13(16)10(14)2/h4,6-7,9H,3,5,8H2,1-2H3,(H,17,18). The first-order chi connectivity index (χ1) is 10.8. The molecule has 8 heteroatoms. The summed E-state index contributed by atoms with van der Waals surface area (Å²) in [6.07, 6.45) is 3.12. The molecule has 0 fully saturated rings. The molecule has 0 bridgehead atoms. The number of sulfonamides is 1. The summed E-state index contributed by atoms with van der Waals surface area (Å²) in [7, 11) is -3.76. The van der Waals surface area contributed by atoms with E-state index in [1.807, 2.05) is 6.92 Å². The molecular formula is C15H17ClN2O3S2. The zero-order valence-electron chi connectivity index (χ0n) is 12.8. The summed E-state index contributed by atoms with van der Waals surface area (Å²) in [5.41, 5.74) is 0.483. The smallest absolute Gasteiger partial charge is 0.263 e. The van der Waals surface area contributed by atoms with Gasteiger partial charge in [-0.25, -0.2) is 13.4 Å². The number of hydrogen-bond acceptors (Lipinski definition) is 5. The van der Waals surface area contributed by atoms with E-state index in [2.05, 4.69) is 9.71 Å². The van der Waals surface area contributed by atoms with Crippen molar-refractivity contribution in [2.75, 3.05) is 4.72 Å². The number of nitrogens with zero attached hydrogens (tertiary/aromatic N) is 1. The van der Waals surface area contributed by atoms with Gasteiger partial charge in [0.15, 0.2) is 5.13 Å². The van der Waals surface area contributed by atoms with Crippen LogP contribution in [0, 0.1) is 6.92 Å². The fraction of sp³-hybridized carbons (Fsp3) is 0.333. The number of nitrogens with one attached hydrogen (secondary N) is 1. The molecule has 0 unspecified atom stereocenters. The summed E-state index contributed by atoms with van der Waals surface area (Å²) in [6.45, 7) is 3.59. The van der Waals surface area contributed by atoms with Crippen molar-refractivity contribution >= 4 is 43.9 Å². The van der Waals surface area contributed by atoms with Crippen molar-refractivity contribution < 1.29 is 13.2 Å². The third kappa shape index (κ3) is 4.53. The van der Waals surface area contributed by atoms with Gasteiger partial charge in [-0.15, -0.1) is 11.3 Å². The number of ketones is 1. The van der Waals surface area contributed by atoms with Gasteiger partial charge in [-0.3, -0.25) is 9.52 Å². The number of benzene rings is 1. The van der Waals surface area contributed by atoms with E-state index in [1.54, 1.807) is 19.1 Å². The lowest BCUT2D eigenvalue weighted by atomic mass is 10.2. The van der Waals surface area contributed by atoms with E-state index in [0.29, 0.717) is 17.0 Å². The van der Waals surface area contributed by atoms with Crippen molar-refractivity contribution in [3.05, 3.63) is 39.9 Å². The van der Waals surface area contributed by atoms with Crippen LogP contribution < -0.4 is 4.72 Å². The number of rotatable bonds is 7.